The van der Waals surface area contributed by atoms with Crippen molar-refractivity contribution < 1.29 is 23.1 Å². The number of rotatable bonds is 8. The fourth-order valence-electron chi connectivity index (χ4n) is 4.61. The Morgan fingerprint density at radius 1 is 1.14 bits per heavy atom. The van der Waals surface area contributed by atoms with Crippen LogP contribution in [0.1, 0.15) is 0 Å². The number of nitrogens with one attached hydrogen (secondary N) is 1. The van der Waals surface area contributed by atoms with Crippen LogP contribution in [0, 0.1) is 5.82 Å². The number of hydrogen-bond acceptors (Lipinski definition) is 9. The lowest BCUT2D eigenvalue weighted by Gasteiger charge is -2.47. The van der Waals surface area contributed by atoms with Gasteiger partial charge in [-0.15, -0.1) is 0 Å². The maximum absolute atomic E-state index is 14.6. The molecular formula is C25H27FN6O4. The van der Waals surface area contributed by atoms with Crippen LogP contribution in [0.5, 0.6) is 5.75 Å². The predicted octanol–water partition coefficient (Wildman–Crippen LogP) is 2.97. The first kappa shape index (κ1) is 22.9. The van der Waals surface area contributed by atoms with Crippen molar-refractivity contribution >= 4 is 16.7 Å². The number of ether oxygens (including phenoxy) is 3. The average Bonchev–Trinajstić information content (AvgIpc) is 3.52. The number of nitrogens with zero attached hydrogens (tertiary/aromatic N) is 5. The molecule has 2 aliphatic heterocycles. The highest BCUT2D eigenvalue weighted by Crippen LogP contribution is 2.33. The van der Waals surface area contributed by atoms with Gasteiger partial charge in [-0.2, -0.15) is 5.10 Å². The third kappa shape index (κ3) is 4.41. The van der Waals surface area contributed by atoms with Crippen LogP contribution in [0.4, 0.5) is 10.2 Å². The van der Waals surface area contributed by atoms with Gasteiger partial charge in [0, 0.05) is 68.6 Å². The summed E-state index contributed by atoms with van der Waals surface area (Å²) < 4.78 is 36.0. The molecule has 4 aromatic rings. The van der Waals surface area contributed by atoms with Crippen molar-refractivity contribution in [1.29, 1.82) is 0 Å². The number of aromatic nitrogens is 4. The zero-order chi connectivity index (χ0) is 24.5. The minimum atomic E-state index is -0.484. The smallest absolute Gasteiger partial charge is 0.188 e. The highest BCUT2D eigenvalue weighted by Gasteiger charge is 2.33. The van der Waals surface area contributed by atoms with E-state index in [1.54, 1.807) is 25.4 Å². The monoisotopic (exact) mass is 494 g/mol. The van der Waals surface area contributed by atoms with Gasteiger partial charge in [0.25, 0.3) is 0 Å². The molecule has 0 spiro atoms. The summed E-state index contributed by atoms with van der Waals surface area (Å²) in [6.07, 6.45) is 1.80. The third-order valence-electron chi connectivity index (χ3n) is 6.70. The van der Waals surface area contributed by atoms with Gasteiger partial charge in [0.15, 0.2) is 17.3 Å². The molecule has 5 heterocycles. The number of anilines is 1. The minimum absolute atomic E-state index is 0.137. The second-order valence-electron chi connectivity index (χ2n) is 8.93. The zero-order valence-corrected chi connectivity index (χ0v) is 19.9. The molecule has 36 heavy (non-hydrogen) atoms. The van der Waals surface area contributed by atoms with E-state index in [0.29, 0.717) is 40.7 Å². The van der Waals surface area contributed by atoms with E-state index in [-0.39, 0.29) is 12.4 Å². The van der Waals surface area contributed by atoms with Crippen LogP contribution in [-0.2, 0) is 9.47 Å². The third-order valence-corrected chi connectivity index (χ3v) is 6.70. The van der Waals surface area contributed by atoms with Gasteiger partial charge in [-0.1, -0.05) is 5.16 Å². The molecule has 2 saturated heterocycles. The predicted molar refractivity (Wildman–Crippen MR) is 131 cm³/mol. The Labute approximate surface area is 206 Å². The Hall–Kier alpha value is -3.54. The lowest BCUT2D eigenvalue weighted by atomic mass is 10.1. The first-order chi connectivity index (χ1) is 17.7. The Morgan fingerprint density at radius 2 is 2.00 bits per heavy atom. The normalized spacial score (nSPS) is 17.0. The summed E-state index contributed by atoms with van der Waals surface area (Å²) in [7, 11) is 1.56. The molecule has 2 fully saturated rings. The van der Waals surface area contributed by atoms with Gasteiger partial charge in [-0.3, -0.25) is 10.00 Å². The van der Waals surface area contributed by atoms with Gasteiger partial charge in [-0.25, -0.2) is 9.37 Å². The minimum Gasteiger partial charge on any atom is -0.488 e. The Morgan fingerprint density at radius 3 is 2.78 bits per heavy atom. The second-order valence-corrected chi connectivity index (χ2v) is 8.93. The number of hydrogen-bond donors (Lipinski definition) is 1. The molecule has 1 N–H and O–H groups in total. The van der Waals surface area contributed by atoms with Crippen molar-refractivity contribution in [3.8, 4) is 28.5 Å². The van der Waals surface area contributed by atoms with Crippen LogP contribution in [0.2, 0.25) is 0 Å². The fourth-order valence-corrected chi connectivity index (χ4v) is 4.61. The van der Waals surface area contributed by atoms with Gasteiger partial charge in [-0.05, 0) is 18.2 Å². The summed E-state index contributed by atoms with van der Waals surface area (Å²) in [5.74, 6) is 1.04. The summed E-state index contributed by atoms with van der Waals surface area (Å²) in [6, 6.07) is 9.30. The molecule has 3 aromatic heterocycles. The highest BCUT2D eigenvalue weighted by atomic mass is 19.1. The Kier molecular flexibility index (Phi) is 6.26. The van der Waals surface area contributed by atoms with Crippen LogP contribution in [-0.4, -0.2) is 91.0 Å². The molecular weight excluding hydrogens is 467 g/mol. The molecule has 2 aliphatic rings. The molecule has 0 unspecified atom stereocenters. The quantitative estimate of drug-likeness (QED) is 0.371. The maximum Gasteiger partial charge on any atom is 0.188 e. The Bertz CT molecular complexity index is 1330. The summed E-state index contributed by atoms with van der Waals surface area (Å²) >= 11 is 0. The van der Waals surface area contributed by atoms with E-state index in [1.807, 2.05) is 12.1 Å². The van der Waals surface area contributed by atoms with Crippen molar-refractivity contribution in [2.45, 2.75) is 6.04 Å². The molecule has 0 bridgehead atoms. The summed E-state index contributed by atoms with van der Waals surface area (Å²) in [5, 5.41) is 12.0. The van der Waals surface area contributed by atoms with Gasteiger partial charge < -0.3 is 23.6 Å². The van der Waals surface area contributed by atoms with E-state index < -0.39 is 5.82 Å². The van der Waals surface area contributed by atoms with Crippen LogP contribution in [0.3, 0.4) is 0 Å². The number of morpholine rings is 1. The van der Waals surface area contributed by atoms with Crippen LogP contribution < -0.4 is 9.64 Å². The van der Waals surface area contributed by atoms with Crippen molar-refractivity contribution in [2.24, 2.45) is 0 Å². The van der Waals surface area contributed by atoms with E-state index >= 15 is 0 Å². The molecule has 0 aliphatic carbocycles. The molecule has 0 saturated carbocycles. The first-order valence-corrected chi connectivity index (χ1v) is 12.0. The van der Waals surface area contributed by atoms with Crippen molar-refractivity contribution in [3.05, 3.63) is 42.3 Å². The van der Waals surface area contributed by atoms with E-state index in [9.17, 15) is 4.39 Å². The fraction of sp³-hybridized carbons (Fsp3) is 0.400. The zero-order valence-electron chi connectivity index (χ0n) is 19.9. The number of halogens is 1. The SMILES string of the molecule is COCCOc1cc2[nH]nc(-c3cc(-c4ccc(N5CC(N6CCOCC6)C5)nc4)no3)c2cc1F. The lowest BCUT2D eigenvalue weighted by Crippen LogP contribution is -2.61. The van der Waals surface area contributed by atoms with Gasteiger partial charge in [0.2, 0.25) is 0 Å². The van der Waals surface area contributed by atoms with E-state index in [1.165, 1.54) is 6.07 Å². The lowest BCUT2D eigenvalue weighted by molar-refractivity contribution is 0.0104. The number of methoxy groups -OCH3 is 1. The Balaban J connectivity index is 1.14. The van der Waals surface area contributed by atoms with Crippen molar-refractivity contribution in [1.82, 2.24) is 25.2 Å². The molecule has 0 radical (unpaired) electrons. The summed E-state index contributed by atoms with van der Waals surface area (Å²) in [5.41, 5.74) is 2.58. The second kappa shape index (κ2) is 9.84. The molecule has 0 atom stereocenters. The topological polar surface area (TPSA) is 102 Å². The van der Waals surface area contributed by atoms with Crippen molar-refractivity contribution in [2.75, 3.05) is 64.6 Å². The van der Waals surface area contributed by atoms with Crippen LogP contribution >= 0.6 is 0 Å². The number of benzene rings is 1. The molecule has 10 nitrogen and oxygen atoms in total. The van der Waals surface area contributed by atoms with Crippen LogP contribution in [0.25, 0.3) is 33.6 Å². The van der Waals surface area contributed by atoms with E-state index in [4.69, 9.17) is 18.7 Å². The standard InChI is InChI=1S/C25H27FN6O4/c1-33-8-9-35-22-12-21-18(10-19(22)26)25(29-28-21)23-11-20(30-36-23)16-2-3-24(27-13-16)32-14-17(15-32)31-4-6-34-7-5-31/h2-3,10-13,17H,4-9,14-15H2,1H3,(H,28,29). The molecule has 6 rings (SSSR count). The van der Waals surface area contributed by atoms with Gasteiger partial charge in [0.1, 0.15) is 23.8 Å². The maximum atomic E-state index is 14.6. The van der Waals surface area contributed by atoms with Gasteiger partial charge in [0.05, 0.1) is 25.3 Å². The van der Waals surface area contributed by atoms with Crippen LogP contribution in [0.15, 0.2) is 41.1 Å². The molecule has 11 heteroatoms. The number of pyridine rings is 1. The number of aromatic amines is 1. The number of H-pyrrole nitrogens is 1. The molecule has 188 valence electrons. The van der Waals surface area contributed by atoms with Crippen molar-refractivity contribution in [3.63, 3.8) is 0 Å². The largest absolute Gasteiger partial charge is 0.488 e. The van der Waals surface area contributed by atoms with E-state index in [2.05, 4.69) is 30.1 Å². The summed E-state index contributed by atoms with van der Waals surface area (Å²) in [6.45, 7) is 6.21. The summed E-state index contributed by atoms with van der Waals surface area (Å²) in [4.78, 5) is 9.40. The average molecular weight is 495 g/mol. The highest BCUT2D eigenvalue weighted by molar-refractivity contribution is 5.92. The first-order valence-electron chi connectivity index (χ1n) is 12.0. The van der Waals surface area contributed by atoms with E-state index in [0.717, 1.165) is 50.8 Å². The number of fused-ring (bicyclic) bond motifs is 1. The molecule has 0 amide bonds. The van der Waals surface area contributed by atoms with Gasteiger partial charge >= 0.3 is 0 Å². The molecule has 1 aromatic carbocycles.